The third-order valence-corrected chi connectivity index (χ3v) is 7.29. The number of ether oxygens (including phenoxy) is 2. The Kier molecular flexibility index (Phi) is 7.33. The van der Waals surface area contributed by atoms with Crippen LogP contribution in [0.5, 0.6) is 0 Å². The molecule has 0 radical (unpaired) electrons. The van der Waals surface area contributed by atoms with E-state index >= 15 is 0 Å². The molecule has 2 heterocycles. The zero-order chi connectivity index (χ0) is 24.1. The number of para-hydroxylation sites is 1. The van der Waals surface area contributed by atoms with Gasteiger partial charge in [-0.1, -0.05) is 24.3 Å². The SMILES string of the molecule is COCCCn1c(=O)/c(=C/c2ccc(C(=O)OC)cc2)s/c1=C(/C#N)c1nc2ccccc2s1. The van der Waals surface area contributed by atoms with Gasteiger partial charge in [-0.2, -0.15) is 5.26 Å². The molecule has 0 bridgehead atoms. The number of nitriles is 1. The quantitative estimate of drug-likeness (QED) is 0.292. The minimum absolute atomic E-state index is 0.179. The number of carbonyl (C=O) groups is 1. The van der Waals surface area contributed by atoms with Crippen LogP contribution in [0.15, 0.2) is 53.3 Å². The summed E-state index contributed by atoms with van der Waals surface area (Å²) in [6.45, 7) is 0.919. The van der Waals surface area contributed by atoms with E-state index in [9.17, 15) is 14.9 Å². The Balaban J connectivity index is 1.88. The van der Waals surface area contributed by atoms with Gasteiger partial charge in [-0.15, -0.1) is 22.7 Å². The highest BCUT2D eigenvalue weighted by Crippen LogP contribution is 2.25. The summed E-state index contributed by atoms with van der Waals surface area (Å²) < 4.78 is 13.6. The molecule has 0 N–H and O–H groups in total. The molecule has 0 spiro atoms. The highest BCUT2D eigenvalue weighted by molar-refractivity contribution is 7.19. The second-order valence-corrected chi connectivity index (χ2v) is 9.37. The summed E-state index contributed by atoms with van der Waals surface area (Å²) in [5.41, 5.74) is 2.21. The number of benzene rings is 2. The molecule has 7 nitrogen and oxygen atoms in total. The van der Waals surface area contributed by atoms with Gasteiger partial charge in [0.25, 0.3) is 5.56 Å². The van der Waals surface area contributed by atoms with Crippen LogP contribution in [-0.4, -0.2) is 36.3 Å². The first-order valence-corrected chi connectivity index (χ1v) is 12.1. The van der Waals surface area contributed by atoms with E-state index in [2.05, 4.69) is 11.1 Å². The minimum Gasteiger partial charge on any atom is -0.465 e. The summed E-state index contributed by atoms with van der Waals surface area (Å²) in [4.78, 5) is 29.6. The first-order chi connectivity index (χ1) is 16.5. The molecule has 4 aromatic rings. The van der Waals surface area contributed by atoms with Crippen LogP contribution in [-0.2, 0) is 16.0 Å². The van der Waals surface area contributed by atoms with Gasteiger partial charge in [0.05, 0.1) is 27.4 Å². The number of nitrogens with zero attached hydrogens (tertiary/aromatic N) is 3. The second kappa shape index (κ2) is 10.6. The molecule has 0 saturated carbocycles. The van der Waals surface area contributed by atoms with Gasteiger partial charge >= 0.3 is 5.97 Å². The van der Waals surface area contributed by atoms with Crippen LogP contribution in [0, 0.1) is 11.3 Å². The molecule has 0 saturated heterocycles. The highest BCUT2D eigenvalue weighted by Gasteiger charge is 2.15. The summed E-state index contributed by atoms with van der Waals surface area (Å²) >= 11 is 2.69. The van der Waals surface area contributed by atoms with Crippen molar-refractivity contribution in [3.63, 3.8) is 0 Å². The fourth-order valence-electron chi connectivity index (χ4n) is 3.43. The Morgan fingerprint density at radius 3 is 2.59 bits per heavy atom. The van der Waals surface area contributed by atoms with Gasteiger partial charge in [0.2, 0.25) is 0 Å². The largest absolute Gasteiger partial charge is 0.465 e. The van der Waals surface area contributed by atoms with E-state index < -0.39 is 5.97 Å². The van der Waals surface area contributed by atoms with Crippen LogP contribution in [0.3, 0.4) is 0 Å². The molecule has 4 rings (SSSR count). The van der Waals surface area contributed by atoms with Crippen molar-refractivity contribution in [2.45, 2.75) is 13.0 Å². The Bertz CT molecular complexity index is 1520. The van der Waals surface area contributed by atoms with Gasteiger partial charge in [0.1, 0.15) is 21.3 Å². The van der Waals surface area contributed by atoms with Crippen molar-refractivity contribution in [2.24, 2.45) is 0 Å². The van der Waals surface area contributed by atoms with Crippen LogP contribution < -0.4 is 14.8 Å². The third kappa shape index (κ3) is 4.84. The molecule has 0 aliphatic heterocycles. The van der Waals surface area contributed by atoms with Crippen molar-refractivity contribution < 1.29 is 14.3 Å². The van der Waals surface area contributed by atoms with Crippen LogP contribution in [0.4, 0.5) is 0 Å². The molecule has 0 aliphatic rings. The van der Waals surface area contributed by atoms with E-state index in [1.165, 1.54) is 29.8 Å². The smallest absolute Gasteiger partial charge is 0.337 e. The molecule has 172 valence electrons. The van der Waals surface area contributed by atoms with E-state index in [1.54, 1.807) is 42.0 Å². The van der Waals surface area contributed by atoms with E-state index in [4.69, 9.17) is 9.47 Å². The van der Waals surface area contributed by atoms with Crippen molar-refractivity contribution in [3.8, 4) is 6.07 Å². The van der Waals surface area contributed by atoms with Crippen LogP contribution in [0.1, 0.15) is 27.3 Å². The van der Waals surface area contributed by atoms with Crippen LogP contribution in [0.2, 0.25) is 0 Å². The van der Waals surface area contributed by atoms with Gasteiger partial charge in [0.15, 0.2) is 0 Å². The van der Waals surface area contributed by atoms with Crippen LogP contribution >= 0.6 is 22.7 Å². The number of carbonyl (C=O) groups excluding carboxylic acids is 1. The predicted octanol–water partition coefficient (Wildman–Crippen LogP) is 2.89. The van der Waals surface area contributed by atoms with E-state index in [-0.39, 0.29) is 5.56 Å². The number of rotatable bonds is 7. The highest BCUT2D eigenvalue weighted by atomic mass is 32.1. The number of methoxy groups -OCH3 is 2. The molecule has 2 aromatic carbocycles. The number of fused-ring (bicyclic) bond motifs is 1. The number of aromatic nitrogens is 2. The molecule has 0 fully saturated rings. The Hall–Kier alpha value is -3.58. The number of hydrogen-bond acceptors (Lipinski definition) is 8. The summed E-state index contributed by atoms with van der Waals surface area (Å²) in [7, 11) is 2.94. The summed E-state index contributed by atoms with van der Waals surface area (Å²) in [6.07, 6.45) is 2.39. The van der Waals surface area contributed by atoms with Crippen LogP contribution in [0.25, 0.3) is 21.9 Å². The van der Waals surface area contributed by atoms with Crippen molar-refractivity contribution in [1.82, 2.24) is 9.55 Å². The predicted molar refractivity (Wildman–Crippen MR) is 133 cm³/mol. The molecule has 0 atom stereocenters. The first kappa shape index (κ1) is 23.6. The van der Waals surface area contributed by atoms with E-state index in [0.717, 1.165) is 15.8 Å². The Morgan fingerprint density at radius 1 is 1.15 bits per heavy atom. The lowest BCUT2D eigenvalue weighted by Gasteiger charge is -2.02. The molecule has 0 amide bonds. The summed E-state index contributed by atoms with van der Waals surface area (Å²) in [5.74, 6) is -0.422. The molecule has 2 aromatic heterocycles. The van der Waals surface area contributed by atoms with Gasteiger partial charge in [0, 0.05) is 20.3 Å². The van der Waals surface area contributed by atoms with E-state index in [0.29, 0.717) is 44.9 Å². The fraction of sp³-hybridized carbons (Fsp3) is 0.200. The fourth-order valence-corrected chi connectivity index (χ4v) is 5.58. The standard InChI is InChI=1S/C25H21N3O4S2/c1-31-13-5-12-28-23(29)21(14-16-8-10-17(11-9-16)25(30)32-2)34-24(28)18(15-26)22-27-19-6-3-4-7-20(19)33-22/h3-4,6-11,14H,5,12-13H2,1-2H3/b21-14-,24-18-. The van der Waals surface area contributed by atoms with Crippen molar-refractivity contribution in [3.05, 3.63) is 84.2 Å². The van der Waals surface area contributed by atoms with E-state index in [1.807, 2.05) is 24.3 Å². The molecule has 0 aliphatic carbocycles. The summed E-state index contributed by atoms with van der Waals surface area (Å²) in [5, 5.41) is 10.6. The lowest BCUT2D eigenvalue weighted by Crippen LogP contribution is -2.32. The number of thiazole rings is 2. The van der Waals surface area contributed by atoms with Crippen molar-refractivity contribution >= 4 is 50.5 Å². The molecular formula is C25H21N3O4S2. The number of esters is 1. The average Bonchev–Trinajstić information content (AvgIpc) is 3.41. The first-order valence-electron chi connectivity index (χ1n) is 10.4. The second-order valence-electron chi connectivity index (χ2n) is 7.31. The third-order valence-electron chi connectivity index (χ3n) is 5.10. The Morgan fingerprint density at radius 2 is 1.91 bits per heavy atom. The van der Waals surface area contributed by atoms with Crippen molar-refractivity contribution in [2.75, 3.05) is 20.8 Å². The normalized spacial score (nSPS) is 12.6. The summed E-state index contributed by atoms with van der Waals surface area (Å²) in [6, 6.07) is 16.8. The lowest BCUT2D eigenvalue weighted by molar-refractivity contribution is 0.0600. The maximum atomic E-state index is 13.3. The number of hydrogen-bond donors (Lipinski definition) is 0. The van der Waals surface area contributed by atoms with Crippen molar-refractivity contribution in [1.29, 1.82) is 5.26 Å². The maximum Gasteiger partial charge on any atom is 0.337 e. The van der Waals surface area contributed by atoms with Gasteiger partial charge < -0.3 is 9.47 Å². The maximum absolute atomic E-state index is 13.3. The molecule has 34 heavy (non-hydrogen) atoms. The zero-order valence-corrected chi connectivity index (χ0v) is 20.2. The van der Waals surface area contributed by atoms with Gasteiger partial charge in [-0.3, -0.25) is 9.36 Å². The molecule has 0 unspecified atom stereocenters. The monoisotopic (exact) mass is 491 g/mol. The molecule has 9 heteroatoms. The van der Waals surface area contributed by atoms with Gasteiger partial charge in [-0.05, 0) is 42.3 Å². The van der Waals surface area contributed by atoms with Gasteiger partial charge in [-0.25, -0.2) is 9.78 Å². The average molecular weight is 492 g/mol. The topological polar surface area (TPSA) is 94.2 Å². The lowest BCUT2D eigenvalue weighted by atomic mass is 10.1. The minimum atomic E-state index is -0.422. The molecular weight excluding hydrogens is 470 g/mol. The zero-order valence-electron chi connectivity index (χ0n) is 18.6. The Labute approximate surface area is 203 Å².